The third-order valence-electron chi connectivity index (χ3n) is 4.35. The number of carbonyl (C=O) groups excluding carboxylic acids is 1. The van der Waals surface area contributed by atoms with Crippen molar-refractivity contribution in [2.75, 3.05) is 7.05 Å². The lowest BCUT2D eigenvalue weighted by Crippen LogP contribution is -2.44. The number of likely N-dealkylation sites (N-methyl/N-ethyl adjacent to an activating group) is 1. The molecule has 0 saturated carbocycles. The molecule has 1 aromatic carbocycles. The highest BCUT2D eigenvalue weighted by Gasteiger charge is 2.23. The first-order chi connectivity index (χ1) is 12.5. The van der Waals surface area contributed by atoms with Crippen molar-refractivity contribution in [3.05, 3.63) is 59.6 Å². The highest BCUT2D eigenvalue weighted by atomic mass is 32.1. The van der Waals surface area contributed by atoms with Gasteiger partial charge < -0.3 is 10.6 Å². The van der Waals surface area contributed by atoms with Gasteiger partial charge in [-0.15, -0.1) is 11.3 Å². The Morgan fingerprint density at radius 3 is 2.58 bits per heavy atom. The van der Waals surface area contributed by atoms with Crippen LogP contribution in [0.5, 0.6) is 0 Å². The molecule has 26 heavy (non-hydrogen) atoms. The standard InChI is InChI=1S/C20H24N4OS/c1-14(2)18(21)20(25)23(3)12-15-13-24(16-8-5-4-6-9-16)22-19(15)17-10-7-11-26-17/h4-11,13-14,18H,12,21H2,1-3H3/t18-/m0/s1. The van der Waals surface area contributed by atoms with E-state index in [0.29, 0.717) is 6.54 Å². The number of nitrogens with zero attached hydrogens (tertiary/aromatic N) is 3. The van der Waals surface area contributed by atoms with Gasteiger partial charge in [0.1, 0.15) is 5.69 Å². The van der Waals surface area contributed by atoms with Crippen LogP contribution in [0.15, 0.2) is 54.0 Å². The van der Waals surface area contributed by atoms with E-state index >= 15 is 0 Å². The molecule has 0 aliphatic rings. The van der Waals surface area contributed by atoms with E-state index in [1.165, 1.54) is 0 Å². The summed E-state index contributed by atoms with van der Waals surface area (Å²) in [7, 11) is 1.79. The van der Waals surface area contributed by atoms with E-state index in [0.717, 1.165) is 21.8 Å². The summed E-state index contributed by atoms with van der Waals surface area (Å²) in [6, 6.07) is 13.5. The number of amides is 1. The fourth-order valence-electron chi connectivity index (χ4n) is 2.73. The molecule has 0 radical (unpaired) electrons. The van der Waals surface area contributed by atoms with Gasteiger partial charge in [-0.2, -0.15) is 5.10 Å². The van der Waals surface area contributed by atoms with Crippen LogP contribution in [0.2, 0.25) is 0 Å². The summed E-state index contributed by atoms with van der Waals surface area (Å²) in [5.74, 6) is 0.0540. The van der Waals surface area contributed by atoms with E-state index in [2.05, 4.69) is 0 Å². The van der Waals surface area contributed by atoms with Crippen molar-refractivity contribution < 1.29 is 4.79 Å². The molecule has 0 aliphatic carbocycles. The molecule has 2 N–H and O–H groups in total. The highest BCUT2D eigenvalue weighted by Crippen LogP contribution is 2.28. The van der Waals surface area contributed by atoms with Gasteiger partial charge in [-0.25, -0.2) is 4.68 Å². The van der Waals surface area contributed by atoms with Crippen molar-refractivity contribution in [2.24, 2.45) is 11.7 Å². The second-order valence-corrected chi connectivity index (χ2v) is 7.67. The Balaban J connectivity index is 1.93. The van der Waals surface area contributed by atoms with E-state index in [1.807, 2.05) is 72.6 Å². The number of thiophene rings is 1. The average Bonchev–Trinajstić information content (AvgIpc) is 3.30. The van der Waals surface area contributed by atoms with Crippen molar-refractivity contribution in [1.29, 1.82) is 0 Å². The second kappa shape index (κ2) is 7.85. The van der Waals surface area contributed by atoms with E-state index in [9.17, 15) is 4.79 Å². The molecule has 0 unspecified atom stereocenters. The minimum absolute atomic E-state index is 0.0513. The molecule has 3 rings (SSSR count). The lowest BCUT2D eigenvalue weighted by atomic mass is 10.0. The van der Waals surface area contributed by atoms with Crippen LogP contribution in [0.4, 0.5) is 0 Å². The van der Waals surface area contributed by atoms with Crippen molar-refractivity contribution >= 4 is 17.2 Å². The smallest absolute Gasteiger partial charge is 0.239 e. The van der Waals surface area contributed by atoms with Crippen LogP contribution in [0.3, 0.4) is 0 Å². The molecule has 2 heterocycles. The third kappa shape index (κ3) is 3.86. The molecule has 136 valence electrons. The molecule has 0 spiro atoms. The number of hydrogen-bond donors (Lipinski definition) is 1. The number of carbonyl (C=O) groups is 1. The van der Waals surface area contributed by atoms with Gasteiger partial charge >= 0.3 is 0 Å². The van der Waals surface area contributed by atoms with Crippen molar-refractivity contribution in [3.63, 3.8) is 0 Å². The fourth-order valence-corrected chi connectivity index (χ4v) is 3.48. The molecule has 0 fully saturated rings. The van der Waals surface area contributed by atoms with Crippen LogP contribution in [0.25, 0.3) is 16.3 Å². The summed E-state index contributed by atoms with van der Waals surface area (Å²) in [4.78, 5) is 15.3. The maximum atomic E-state index is 12.5. The van der Waals surface area contributed by atoms with E-state index in [-0.39, 0.29) is 11.8 Å². The normalized spacial score (nSPS) is 12.3. The van der Waals surface area contributed by atoms with Gasteiger partial charge in [0.05, 0.1) is 16.6 Å². The monoisotopic (exact) mass is 368 g/mol. The Bertz CT molecular complexity index is 855. The Hall–Kier alpha value is -2.44. The summed E-state index contributed by atoms with van der Waals surface area (Å²) in [6.45, 7) is 4.39. The first kappa shape index (κ1) is 18.4. The molecule has 3 aromatic rings. The third-order valence-corrected chi connectivity index (χ3v) is 5.23. The number of rotatable bonds is 6. The molecule has 0 bridgehead atoms. The summed E-state index contributed by atoms with van der Waals surface area (Å²) in [6.07, 6.45) is 2.00. The molecular formula is C20H24N4OS. The highest BCUT2D eigenvalue weighted by molar-refractivity contribution is 7.13. The van der Waals surface area contributed by atoms with Crippen molar-refractivity contribution in [3.8, 4) is 16.3 Å². The number of para-hydroxylation sites is 1. The van der Waals surface area contributed by atoms with Crippen molar-refractivity contribution in [1.82, 2.24) is 14.7 Å². The zero-order valence-corrected chi connectivity index (χ0v) is 16.1. The lowest BCUT2D eigenvalue weighted by Gasteiger charge is -2.23. The first-order valence-corrected chi connectivity index (χ1v) is 9.53. The van der Waals surface area contributed by atoms with Gasteiger partial charge in [0.15, 0.2) is 0 Å². The second-order valence-electron chi connectivity index (χ2n) is 6.72. The van der Waals surface area contributed by atoms with Crippen LogP contribution >= 0.6 is 11.3 Å². The van der Waals surface area contributed by atoms with Gasteiger partial charge in [0.2, 0.25) is 5.91 Å². The minimum Gasteiger partial charge on any atom is -0.340 e. The largest absolute Gasteiger partial charge is 0.340 e. The fraction of sp³-hybridized carbons (Fsp3) is 0.300. The topological polar surface area (TPSA) is 64.2 Å². The van der Waals surface area contributed by atoms with Crippen molar-refractivity contribution in [2.45, 2.75) is 26.4 Å². The number of hydrogen-bond acceptors (Lipinski definition) is 4. The van der Waals surface area contributed by atoms with Crippen LogP contribution in [-0.2, 0) is 11.3 Å². The van der Waals surface area contributed by atoms with E-state index < -0.39 is 6.04 Å². The number of nitrogens with two attached hydrogens (primary N) is 1. The molecule has 2 aromatic heterocycles. The van der Waals surface area contributed by atoms with Crippen LogP contribution in [0.1, 0.15) is 19.4 Å². The summed E-state index contributed by atoms with van der Waals surface area (Å²) in [5, 5.41) is 6.81. The maximum Gasteiger partial charge on any atom is 0.239 e. The Labute approximate surface area is 158 Å². The van der Waals surface area contributed by atoms with Gasteiger partial charge in [0.25, 0.3) is 0 Å². The molecule has 6 heteroatoms. The zero-order valence-electron chi connectivity index (χ0n) is 15.3. The Morgan fingerprint density at radius 1 is 1.23 bits per heavy atom. The van der Waals surface area contributed by atoms with Gasteiger partial charge in [-0.05, 0) is 29.5 Å². The number of benzene rings is 1. The molecule has 5 nitrogen and oxygen atoms in total. The SMILES string of the molecule is CC(C)[C@H](N)C(=O)N(C)Cc1cn(-c2ccccc2)nc1-c1cccs1. The van der Waals surface area contributed by atoms with Gasteiger partial charge in [-0.3, -0.25) is 4.79 Å². The molecule has 1 atom stereocenters. The minimum atomic E-state index is -0.491. The Kier molecular flexibility index (Phi) is 5.54. The number of aromatic nitrogens is 2. The van der Waals surface area contributed by atoms with Crippen LogP contribution in [-0.4, -0.2) is 33.7 Å². The lowest BCUT2D eigenvalue weighted by molar-refractivity contribution is -0.132. The predicted octanol–water partition coefficient (Wildman–Crippen LogP) is 3.54. The van der Waals surface area contributed by atoms with E-state index in [1.54, 1.807) is 23.3 Å². The maximum absolute atomic E-state index is 12.5. The zero-order chi connectivity index (χ0) is 18.7. The summed E-state index contributed by atoms with van der Waals surface area (Å²) in [5.41, 5.74) is 8.93. The van der Waals surface area contributed by atoms with Gasteiger partial charge in [0, 0.05) is 25.4 Å². The summed E-state index contributed by atoms with van der Waals surface area (Å²) < 4.78 is 1.87. The molecule has 1 amide bonds. The molecule has 0 saturated heterocycles. The molecule has 0 aliphatic heterocycles. The van der Waals surface area contributed by atoms with Crippen LogP contribution < -0.4 is 5.73 Å². The van der Waals surface area contributed by atoms with Crippen LogP contribution in [0, 0.1) is 5.92 Å². The average molecular weight is 369 g/mol. The quantitative estimate of drug-likeness (QED) is 0.724. The first-order valence-electron chi connectivity index (χ1n) is 8.65. The Morgan fingerprint density at radius 2 is 1.96 bits per heavy atom. The van der Waals surface area contributed by atoms with Gasteiger partial charge in [-0.1, -0.05) is 38.1 Å². The summed E-state index contributed by atoms with van der Waals surface area (Å²) >= 11 is 1.64. The van der Waals surface area contributed by atoms with E-state index in [4.69, 9.17) is 10.8 Å². The molecular weight excluding hydrogens is 344 g/mol. The predicted molar refractivity (Wildman–Crippen MR) is 106 cm³/mol.